The van der Waals surface area contributed by atoms with Crippen molar-refractivity contribution in [2.45, 2.75) is 58.0 Å². The number of nitrogen functional groups attached to an aromatic ring is 1. The van der Waals surface area contributed by atoms with Crippen molar-refractivity contribution in [1.29, 1.82) is 0 Å². The number of fused-ring (bicyclic) bond motifs is 3. The Hall–Kier alpha value is -3.03. The number of amides is 1. The Balaban J connectivity index is 1.57. The molecule has 0 aromatic carbocycles. The molecule has 3 atom stereocenters. The topological polar surface area (TPSA) is 111 Å². The number of allylic oxidation sites excluding steroid dienone is 1. The molecule has 5 rings (SSSR count). The summed E-state index contributed by atoms with van der Waals surface area (Å²) in [6, 6.07) is 0.452. The van der Waals surface area contributed by atoms with Crippen LogP contribution in [0.15, 0.2) is 34.6 Å². The van der Waals surface area contributed by atoms with Gasteiger partial charge in [0, 0.05) is 30.4 Å². The van der Waals surface area contributed by atoms with Gasteiger partial charge in [-0.1, -0.05) is 17.7 Å². The molecule has 1 saturated carbocycles. The van der Waals surface area contributed by atoms with Crippen LogP contribution in [0.3, 0.4) is 0 Å². The van der Waals surface area contributed by atoms with Crippen LogP contribution in [0.2, 0.25) is 0 Å². The zero-order chi connectivity index (χ0) is 20.3. The zero-order valence-electron chi connectivity index (χ0n) is 16.9. The molecule has 2 aromatic heterocycles. The molecule has 150 valence electrons. The summed E-state index contributed by atoms with van der Waals surface area (Å²) < 4.78 is 1.93. The molecule has 29 heavy (non-hydrogen) atoms. The van der Waals surface area contributed by atoms with Gasteiger partial charge in [0.2, 0.25) is 5.91 Å². The Bertz CT molecular complexity index is 1110. The molecule has 2 unspecified atom stereocenters. The lowest BCUT2D eigenvalue weighted by Gasteiger charge is -2.42. The first-order chi connectivity index (χ1) is 13.9. The van der Waals surface area contributed by atoms with Gasteiger partial charge in [-0.05, 0) is 33.1 Å². The fourth-order valence-electron chi connectivity index (χ4n) is 4.69. The lowest BCUT2D eigenvalue weighted by atomic mass is 9.67. The van der Waals surface area contributed by atoms with Crippen LogP contribution in [0.25, 0.3) is 11.0 Å². The van der Waals surface area contributed by atoms with Gasteiger partial charge in [0.15, 0.2) is 5.65 Å². The molecular weight excluding hydrogens is 366 g/mol. The smallest absolute Gasteiger partial charge is 0.222 e. The number of hydrogen-bond donors (Lipinski definition) is 2. The van der Waals surface area contributed by atoms with Crippen LogP contribution in [0.4, 0.5) is 5.82 Å². The molecule has 3 N–H and O–H groups in total. The second-order valence-electron chi connectivity index (χ2n) is 8.40. The Labute approximate surface area is 169 Å². The molecule has 3 aliphatic rings. The molecule has 1 aliphatic heterocycles. The Kier molecular flexibility index (Phi) is 4.04. The van der Waals surface area contributed by atoms with E-state index in [1.54, 1.807) is 0 Å². The first-order valence-corrected chi connectivity index (χ1v) is 10.2. The number of dihydropyridines is 1. The highest BCUT2D eigenvalue weighted by Crippen LogP contribution is 2.47. The van der Waals surface area contributed by atoms with Crippen molar-refractivity contribution in [1.82, 2.24) is 25.1 Å². The summed E-state index contributed by atoms with van der Waals surface area (Å²) in [4.78, 5) is 25.1. The van der Waals surface area contributed by atoms with Crippen molar-refractivity contribution in [2.75, 3.05) is 5.73 Å². The van der Waals surface area contributed by atoms with Crippen molar-refractivity contribution in [3.8, 4) is 0 Å². The molecule has 2 aliphatic carbocycles. The first-order valence-electron chi connectivity index (χ1n) is 10.2. The Morgan fingerprint density at radius 3 is 2.83 bits per heavy atom. The van der Waals surface area contributed by atoms with Crippen molar-refractivity contribution in [3.63, 3.8) is 0 Å². The van der Waals surface area contributed by atoms with Gasteiger partial charge < -0.3 is 11.1 Å². The molecule has 0 bridgehead atoms. The third-order valence-corrected chi connectivity index (χ3v) is 6.20. The van der Waals surface area contributed by atoms with E-state index in [0.717, 1.165) is 41.6 Å². The van der Waals surface area contributed by atoms with Gasteiger partial charge in [-0.25, -0.2) is 14.6 Å². The number of carbonyl (C=O) groups is 1. The van der Waals surface area contributed by atoms with Gasteiger partial charge in [-0.2, -0.15) is 5.10 Å². The van der Waals surface area contributed by atoms with Gasteiger partial charge in [0.1, 0.15) is 18.0 Å². The number of hydrogen-bond acceptors (Lipinski definition) is 6. The molecule has 0 spiro atoms. The van der Waals surface area contributed by atoms with E-state index < -0.39 is 0 Å². The highest BCUT2D eigenvalue weighted by Gasteiger charge is 2.41. The van der Waals surface area contributed by atoms with Crippen LogP contribution in [-0.2, 0) is 4.79 Å². The molecule has 1 amide bonds. The second kappa shape index (κ2) is 6.50. The molecule has 0 radical (unpaired) electrons. The Morgan fingerprint density at radius 2 is 2.14 bits per heavy atom. The van der Waals surface area contributed by atoms with E-state index in [1.807, 2.05) is 4.68 Å². The molecule has 8 nitrogen and oxygen atoms in total. The normalized spacial score (nSPS) is 25.5. The van der Waals surface area contributed by atoms with E-state index in [-0.39, 0.29) is 23.9 Å². The first kappa shape index (κ1) is 18.0. The van der Waals surface area contributed by atoms with Crippen molar-refractivity contribution >= 4 is 28.6 Å². The number of nitrogens with two attached hydrogens (primary N) is 1. The van der Waals surface area contributed by atoms with Gasteiger partial charge >= 0.3 is 0 Å². The van der Waals surface area contributed by atoms with E-state index in [4.69, 9.17) is 15.8 Å². The van der Waals surface area contributed by atoms with E-state index in [2.05, 4.69) is 41.3 Å². The van der Waals surface area contributed by atoms with Crippen LogP contribution in [-0.4, -0.2) is 37.5 Å². The lowest BCUT2D eigenvalue weighted by Crippen LogP contribution is -2.43. The second-order valence-corrected chi connectivity index (χ2v) is 8.40. The average molecular weight is 391 g/mol. The van der Waals surface area contributed by atoms with Gasteiger partial charge in [-0.3, -0.25) is 9.79 Å². The minimum atomic E-state index is -0.0875. The van der Waals surface area contributed by atoms with E-state index in [1.165, 1.54) is 18.8 Å². The quantitative estimate of drug-likeness (QED) is 0.817. The SMILES string of the molecule is CC(=O)NC1=NC2CC[C@H]2C2=C1C=CC(c1nn(C(C)C)c3ncnc(N)c13)C2. The predicted octanol–water partition coefficient (Wildman–Crippen LogP) is 2.66. The summed E-state index contributed by atoms with van der Waals surface area (Å²) >= 11 is 0. The van der Waals surface area contributed by atoms with Gasteiger partial charge in [0.05, 0.1) is 17.1 Å². The van der Waals surface area contributed by atoms with E-state index >= 15 is 0 Å². The largest absolute Gasteiger partial charge is 0.383 e. The maximum absolute atomic E-state index is 11.6. The summed E-state index contributed by atoms with van der Waals surface area (Å²) in [5.74, 6) is 1.65. The average Bonchev–Trinajstić information content (AvgIpc) is 3.04. The predicted molar refractivity (Wildman–Crippen MR) is 111 cm³/mol. The van der Waals surface area contributed by atoms with E-state index in [0.29, 0.717) is 17.6 Å². The minimum absolute atomic E-state index is 0.0875. The van der Waals surface area contributed by atoms with Crippen LogP contribution in [0.5, 0.6) is 0 Å². The lowest BCUT2D eigenvalue weighted by molar-refractivity contribution is -0.117. The van der Waals surface area contributed by atoms with Crippen LogP contribution < -0.4 is 11.1 Å². The summed E-state index contributed by atoms with van der Waals surface area (Å²) in [7, 11) is 0. The highest BCUT2D eigenvalue weighted by atomic mass is 16.1. The number of nitrogens with one attached hydrogen (secondary N) is 1. The van der Waals surface area contributed by atoms with Gasteiger partial charge in [-0.15, -0.1) is 0 Å². The molecule has 2 aromatic rings. The third-order valence-electron chi connectivity index (χ3n) is 6.20. The van der Waals surface area contributed by atoms with Crippen molar-refractivity contribution < 1.29 is 4.79 Å². The van der Waals surface area contributed by atoms with Crippen molar-refractivity contribution in [3.05, 3.63) is 35.3 Å². The standard InChI is InChI=1S/C21H25N7O/c1-10(2)28-21-17(19(22)23-9-24-21)18(27-28)12-4-5-14-15(8-12)13-6-7-16(13)26-20(14)25-11(3)29/h4-5,9-10,12-13,16H,6-8H2,1-3H3,(H2,22,23,24)(H,25,26,29)/t12?,13-,16?/m0/s1. The third kappa shape index (κ3) is 2.77. The highest BCUT2D eigenvalue weighted by molar-refractivity contribution is 6.10. The van der Waals surface area contributed by atoms with Gasteiger partial charge in [0.25, 0.3) is 0 Å². The number of amidine groups is 1. The number of anilines is 1. The molecule has 8 heteroatoms. The fraction of sp³-hybridized carbons (Fsp3) is 0.476. The molecule has 3 heterocycles. The number of aliphatic imine (C=N–C) groups is 1. The number of nitrogens with zero attached hydrogens (tertiary/aromatic N) is 5. The van der Waals surface area contributed by atoms with Crippen LogP contribution >= 0.6 is 0 Å². The maximum atomic E-state index is 11.6. The molecule has 0 saturated heterocycles. The number of carbonyl (C=O) groups excluding carboxylic acids is 1. The monoisotopic (exact) mass is 391 g/mol. The summed E-state index contributed by atoms with van der Waals surface area (Å²) in [5, 5.41) is 8.67. The fourth-order valence-corrected chi connectivity index (χ4v) is 4.69. The number of rotatable bonds is 2. The minimum Gasteiger partial charge on any atom is -0.383 e. The van der Waals surface area contributed by atoms with Crippen LogP contribution in [0.1, 0.15) is 57.7 Å². The zero-order valence-corrected chi connectivity index (χ0v) is 16.9. The van der Waals surface area contributed by atoms with Crippen molar-refractivity contribution in [2.24, 2.45) is 10.9 Å². The summed E-state index contributed by atoms with van der Waals surface area (Å²) in [6.07, 6.45) is 8.80. The van der Waals surface area contributed by atoms with E-state index in [9.17, 15) is 4.79 Å². The summed E-state index contributed by atoms with van der Waals surface area (Å²) in [6.45, 7) is 5.70. The van der Waals surface area contributed by atoms with Crippen LogP contribution in [0, 0.1) is 5.92 Å². The maximum Gasteiger partial charge on any atom is 0.222 e. The Morgan fingerprint density at radius 1 is 1.31 bits per heavy atom. The molecule has 1 fully saturated rings. The molecular formula is C21H25N7O. The summed E-state index contributed by atoms with van der Waals surface area (Å²) in [5.41, 5.74) is 10.4. The number of aromatic nitrogens is 4.